The third-order valence-corrected chi connectivity index (χ3v) is 4.55. The molecule has 1 aromatic carbocycles. The Morgan fingerprint density at radius 2 is 1.75 bits per heavy atom. The fourth-order valence-corrected chi connectivity index (χ4v) is 2.86. The van der Waals surface area contributed by atoms with Crippen molar-refractivity contribution < 1.29 is 0 Å². The molecule has 0 spiro atoms. The van der Waals surface area contributed by atoms with Crippen LogP contribution in [0.1, 0.15) is 39.2 Å². The Hall–Kier alpha value is -1.83. The summed E-state index contributed by atoms with van der Waals surface area (Å²) in [7, 11) is 0. The van der Waals surface area contributed by atoms with Crippen molar-refractivity contribution in [2.45, 2.75) is 45.6 Å². The van der Waals surface area contributed by atoms with Gasteiger partial charge in [0.2, 0.25) is 5.56 Å². The van der Waals surface area contributed by atoms with E-state index < -0.39 is 0 Å². The van der Waals surface area contributed by atoms with Gasteiger partial charge in [-0.05, 0) is 31.4 Å². The fraction of sp³-hybridized carbons (Fsp3) is 0.455. The maximum atomic E-state index is 11.7. The van der Waals surface area contributed by atoms with Gasteiger partial charge in [0.05, 0.1) is 6.54 Å². The molecule has 0 saturated heterocycles. The lowest BCUT2D eigenvalue weighted by atomic mass is 9.85. The molecule has 6 heteroatoms. The molecule has 28 heavy (non-hydrogen) atoms. The summed E-state index contributed by atoms with van der Waals surface area (Å²) in [6.07, 6.45) is 3.77. The normalized spacial score (nSPS) is 11.6. The Morgan fingerprint density at radius 1 is 1.04 bits per heavy atom. The van der Waals surface area contributed by atoms with E-state index >= 15 is 0 Å². The number of aromatic nitrogens is 1. The van der Waals surface area contributed by atoms with Crippen LogP contribution in [-0.4, -0.2) is 30.2 Å². The predicted molar refractivity (Wildman–Crippen MR) is 129 cm³/mol. The van der Waals surface area contributed by atoms with E-state index in [-0.39, 0.29) is 35.0 Å². The number of rotatable bonds is 9. The highest BCUT2D eigenvalue weighted by molar-refractivity contribution is 14.0. The number of pyridine rings is 1. The second-order valence-electron chi connectivity index (χ2n) is 7.31. The highest BCUT2D eigenvalue weighted by Crippen LogP contribution is 2.22. The number of nitrogens with zero attached hydrogens (tertiary/aromatic N) is 2. The molecule has 154 valence electrons. The van der Waals surface area contributed by atoms with Crippen LogP contribution in [0.15, 0.2) is 64.5 Å². The third-order valence-electron chi connectivity index (χ3n) is 4.55. The van der Waals surface area contributed by atoms with E-state index in [0.717, 1.165) is 38.4 Å². The summed E-state index contributed by atoms with van der Waals surface area (Å²) in [5.74, 6) is 0.846. The van der Waals surface area contributed by atoms with Gasteiger partial charge in [0.15, 0.2) is 5.96 Å². The first-order valence-corrected chi connectivity index (χ1v) is 9.76. The van der Waals surface area contributed by atoms with Crippen molar-refractivity contribution in [3.8, 4) is 0 Å². The number of hydrogen-bond acceptors (Lipinski definition) is 2. The fourth-order valence-electron chi connectivity index (χ4n) is 2.86. The maximum Gasteiger partial charge on any atom is 0.250 e. The van der Waals surface area contributed by atoms with Gasteiger partial charge in [0.1, 0.15) is 0 Å². The van der Waals surface area contributed by atoms with Gasteiger partial charge >= 0.3 is 0 Å². The topological polar surface area (TPSA) is 58.4 Å². The molecule has 0 fully saturated rings. The lowest BCUT2D eigenvalue weighted by Crippen LogP contribution is -2.39. The van der Waals surface area contributed by atoms with Crippen LogP contribution in [0.5, 0.6) is 0 Å². The van der Waals surface area contributed by atoms with E-state index in [2.05, 4.69) is 55.7 Å². The van der Waals surface area contributed by atoms with Crippen LogP contribution in [-0.2, 0) is 12.0 Å². The molecule has 0 aliphatic heterocycles. The van der Waals surface area contributed by atoms with Crippen LogP contribution < -0.4 is 16.2 Å². The number of aryl methyl sites for hydroxylation is 1. The second kappa shape index (κ2) is 12.6. The maximum absolute atomic E-state index is 11.7. The number of aliphatic imine (C=N–C) groups is 1. The molecule has 0 saturated carbocycles. The Bertz CT molecular complexity index is 771. The van der Waals surface area contributed by atoms with Crippen molar-refractivity contribution in [3.63, 3.8) is 0 Å². The third kappa shape index (κ3) is 8.04. The van der Waals surface area contributed by atoms with E-state index in [4.69, 9.17) is 4.99 Å². The van der Waals surface area contributed by atoms with Crippen molar-refractivity contribution in [2.75, 3.05) is 19.6 Å². The van der Waals surface area contributed by atoms with Gasteiger partial charge in [-0.15, -0.1) is 24.0 Å². The molecule has 0 radical (unpaired) electrons. The second-order valence-corrected chi connectivity index (χ2v) is 7.31. The number of hydrogen-bond donors (Lipinski definition) is 2. The van der Waals surface area contributed by atoms with E-state index in [0.29, 0.717) is 6.54 Å². The Balaban J connectivity index is 0.00000392. The van der Waals surface area contributed by atoms with Crippen LogP contribution in [0, 0.1) is 0 Å². The molecule has 0 unspecified atom stereocenters. The Labute approximate surface area is 185 Å². The van der Waals surface area contributed by atoms with Crippen molar-refractivity contribution in [1.82, 2.24) is 15.2 Å². The van der Waals surface area contributed by atoms with Crippen LogP contribution >= 0.6 is 24.0 Å². The minimum atomic E-state index is -0.0158. The van der Waals surface area contributed by atoms with Crippen molar-refractivity contribution in [1.29, 1.82) is 0 Å². The number of nitrogens with one attached hydrogen (secondary N) is 2. The zero-order valence-corrected chi connectivity index (χ0v) is 19.5. The number of benzene rings is 1. The largest absolute Gasteiger partial charge is 0.357 e. The van der Waals surface area contributed by atoms with Crippen molar-refractivity contribution in [3.05, 3.63) is 70.6 Å². The highest BCUT2D eigenvalue weighted by Gasteiger charge is 2.19. The van der Waals surface area contributed by atoms with E-state index in [1.165, 1.54) is 5.56 Å². The monoisotopic (exact) mass is 496 g/mol. The zero-order chi connectivity index (χ0) is 19.5. The molecular weight excluding hydrogens is 463 g/mol. The summed E-state index contributed by atoms with van der Waals surface area (Å²) in [4.78, 5) is 16.5. The molecule has 0 aliphatic rings. The number of halogens is 1. The van der Waals surface area contributed by atoms with Crippen LogP contribution in [0.25, 0.3) is 0 Å². The van der Waals surface area contributed by atoms with Gasteiger partial charge in [0, 0.05) is 37.3 Å². The standard InChI is InChI=1S/C22H32N4O.HI/c1-4-23-21(25-18-22(2,3)19-12-6-5-7-13-19)24-15-9-11-17-26-16-10-8-14-20(26)27;/h5-8,10,12-14,16H,4,9,11,15,17-18H2,1-3H3,(H2,23,24,25);1H. The molecular formula is C22H33IN4O. The minimum Gasteiger partial charge on any atom is -0.357 e. The average molecular weight is 496 g/mol. The molecule has 5 nitrogen and oxygen atoms in total. The van der Waals surface area contributed by atoms with E-state index in [1.807, 2.05) is 18.3 Å². The Kier molecular flexibility index (Phi) is 10.9. The summed E-state index contributed by atoms with van der Waals surface area (Å²) in [6, 6.07) is 15.8. The summed E-state index contributed by atoms with van der Waals surface area (Å²) in [5, 5.41) is 6.71. The van der Waals surface area contributed by atoms with Crippen molar-refractivity contribution >= 4 is 29.9 Å². The lowest BCUT2D eigenvalue weighted by Gasteiger charge is -2.24. The first-order valence-electron chi connectivity index (χ1n) is 9.76. The van der Waals surface area contributed by atoms with Gasteiger partial charge in [-0.2, -0.15) is 0 Å². The Morgan fingerprint density at radius 3 is 2.43 bits per heavy atom. The summed E-state index contributed by atoms with van der Waals surface area (Å²) in [6.45, 7) is 9.62. The minimum absolute atomic E-state index is 0. The molecule has 2 N–H and O–H groups in total. The van der Waals surface area contributed by atoms with Gasteiger partial charge < -0.3 is 15.2 Å². The molecule has 1 aromatic heterocycles. The molecule has 0 bridgehead atoms. The molecule has 0 aliphatic carbocycles. The van der Waals surface area contributed by atoms with Crippen LogP contribution in [0.2, 0.25) is 0 Å². The van der Waals surface area contributed by atoms with Gasteiger partial charge in [-0.1, -0.05) is 50.2 Å². The highest BCUT2D eigenvalue weighted by atomic mass is 127. The molecule has 2 aromatic rings. The quantitative estimate of drug-likeness (QED) is 0.241. The van der Waals surface area contributed by atoms with Gasteiger partial charge in [-0.3, -0.25) is 9.79 Å². The molecule has 0 amide bonds. The summed E-state index contributed by atoms with van der Waals surface area (Å²) < 4.78 is 1.75. The molecule has 0 atom stereocenters. The van der Waals surface area contributed by atoms with E-state index in [9.17, 15) is 4.79 Å². The SMILES string of the molecule is CCNC(=NCC(C)(C)c1ccccc1)NCCCCn1ccccc1=O.I. The summed E-state index contributed by atoms with van der Waals surface area (Å²) >= 11 is 0. The zero-order valence-electron chi connectivity index (χ0n) is 17.1. The van der Waals surface area contributed by atoms with Gasteiger partial charge in [0.25, 0.3) is 0 Å². The average Bonchev–Trinajstić information content (AvgIpc) is 2.68. The molecule has 2 rings (SSSR count). The van der Waals surface area contributed by atoms with Crippen LogP contribution in [0.3, 0.4) is 0 Å². The lowest BCUT2D eigenvalue weighted by molar-refractivity contribution is 0.536. The van der Waals surface area contributed by atoms with Crippen LogP contribution in [0.4, 0.5) is 0 Å². The number of guanidine groups is 1. The summed E-state index contributed by atoms with van der Waals surface area (Å²) in [5.41, 5.74) is 1.33. The van der Waals surface area contributed by atoms with E-state index in [1.54, 1.807) is 16.7 Å². The number of unbranched alkanes of at least 4 members (excludes halogenated alkanes) is 1. The first-order chi connectivity index (χ1) is 13.0. The van der Waals surface area contributed by atoms with Gasteiger partial charge in [-0.25, -0.2) is 0 Å². The van der Waals surface area contributed by atoms with Crippen molar-refractivity contribution in [2.24, 2.45) is 4.99 Å². The smallest absolute Gasteiger partial charge is 0.250 e. The first kappa shape index (κ1) is 24.2. The molecule has 1 heterocycles. The predicted octanol–water partition coefficient (Wildman–Crippen LogP) is 3.78.